The van der Waals surface area contributed by atoms with E-state index in [9.17, 15) is 9.90 Å². The van der Waals surface area contributed by atoms with E-state index < -0.39 is 5.60 Å². The van der Waals surface area contributed by atoms with Gasteiger partial charge in [0.05, 0.1) is 18.3 Å². The summed E-state index contributed by atoms with van der Waals surface area (Å²) in [7, 11) is 0. The molecule has 3 aliphatic heterocycles. The van der Waals surface area contributed by atoms with Crippen molar-refractivity contribution >= 4 is 5.78 Å². The van der Waals surface area contributed by atoms with Crippen LogP contribution < -0.4 is 0 Å². The zero-order valence-corrected chi connectivity index (χ0v) is 10.9. The van der Waals surface area contributed by atoms with Crippen LogP contribution >= 0.6 is 0 Å². The van der Waals surface area contributed by atoms with Crippen LogP contribution in [0.1, 0.15) is 39.5 Å². The zero-order chi connectivity index (χ0) is 12.8. The van der Waals surface area contributed by atoms with E-state index in [2.05, 4.69) is 6.92 Å². The summed E-state index contributed by atoms with van der Waals surface area (Å²) in [6.07, 6.45) is 2.48. The van der Waals surface area contributed by atoms with Crippen molar-refractivity contribution in [2.24, 2.45) is 16.7 Å². The Labute approximate surface area is 107 Å². The predicted molar refractivity (Wildman–Crippen MR) is 62.7 cm³/mol. The molecule has 0 unspecified atom stereocenters. The van der Waals surface area contributed by atoms with Gasteiger partial charge in [-0.1, -0.05) is 6.92 Å². The topological polar surface area (TPSA) is 55.8 Å². The standard InChI is InChI=1S/C14H20O4/c1-12-6-10-17-7-14(12)4-3-13(2,16)8(5-9(12)15)11(14)18-10/h8,10-11,16H,3-7H2,1-2H3/t8-,10-,11+,12-,13-,14+/m0/s1. The summed E-state index contributed by atoms with van der Waals surface area (Å²) in [4.78, 5) is 12.6. The lowest BCUT2D eigenvalue weighted by Gasteiger charge is -2.69. The van der Waals surface area contributed by atoms with Crippen LogP contribution in [0.3, 0.4) is 0 Å². The zero-order valence-electron chi connectivity index (χ0n) is 10.9. The van der Waals surface area contributed by atoms with Gasteiger partial charge in [0, 0.05) is 29.6 Å². The molecule has 1 spiro atoms. The Bertz CT molecular complexity index is 432. The third-order valence-electron chi connectivity index (χ3n) is 6.31. The van der Waals surface area contributed by atoms with Crippen LogP contribution in [0.4, 0.5) is 0 Å². The van der Waals surface area contributed by atoms with Crippen LogP contribution in [0.25, 0.3) is 0 Å². The third-order valence-corrected chi connectivity index (χ3v) is 6.31. The Morgan fingerprint density at radius 1 is 1.33 bits per heavy atom. The Hall–Kier alpha value is -0.450. The lowest BCUT2D eigenvalue weighted by molar-refractivity contribution is -0.381. The van der Waals surface area contributed by atoms with E-state index in [1.165, 1.54) is 0 Å². The molecular formula is C14H20O4. The molecule has 0 aromatic rings. The summed E-state index contributed by atoms with van der Waals surface area (Å²) in [5.41, 5.74) is -1.26. The molecule has 5 bridgehead atoms. The van der Waals surface area contributed by atoms with Crippen molar-refractivity contribution < 1.29 is 19.4 Å². The quantitative estimate of drug-likeness (QED) is 0.705. The number of hydrogen-bond donors (Lipinski definition) is 1. The molecule has 6 atom stereocenters. The van der Waals surface area contributed by atoms with Crippen LogP contribution in [0, 0.1) is 16.7 Å². The summed E-state index contributed by atoms with van der Waals surface area (Å²) in [5.74, 6) is 0.249. The van der Waals surface area contributed by atoms with Gasteiger partial charge in [0.25, 0.3) is 0 Å². The van der Waals surface area contributed by atoms with Gasteiger partial charge in [0.1, 0.15) is 5.78 Å². The van der Waals surface area contributed by atoms with Crippen LogP contribution in [-0.2, 0) is 14.3 Å². The largest absolute Gasteiger partial charge is 0.390 e. The molecule has 5 aliphatic rings. The van der Waals surface area contributed by atoms with Crippen LogP contribution in [-0.4, -0.2) is 35.5 Å². The highest BCUT2D eigenvalue weighted by Crippen LogP contribution is 2.67. The maximum absolute atomic E-state index is 12.6. The molecule has 0 radical (unpaired) electrons. The molecule has 5 fully saturated rings. The maximum atomic E-state index is 12.6. The molecule has 3 heterocycles. The van der Waals surface area contributed by atoms with Gasteiger partial charge in [0.15, 0.2) is 6.29 Å². The number of Topliss-reactive ketones (excluding diaryl/α,β-unsaturated/α-hetero) is 1. The van der Waals surface area contributed by atoms with Crippen molar-refractivity contribution in [2.45, 2.75) is 57.5 Å². The highest BCUT2D eigenvalue weighted by Gasteiger charge is 2.72. The minimum atomic E-state index is -0.773. The average molecular weight is 252 g/mol. The number of fused-ring (bicyclic) bond motifs is 1. The first-order valence-corrected chi connectivity index (χ1v) is 6.92. The molecule has 4 heteroatoms. The number of ether oxygens (including phenoxy) is 2. The molecular weight excluding hydrogens is 232 g/mol. The lowest BCUT2D eigenvalue weighted by atomic mass is 9.43. The van der Waals surface area contributed by atoms with E-state index in [0.29, 0.717) is 25.2 Å². The molecule has 3 saturated heterocycles. The smallest absolute Gasteiger partial charge is 0.158 e. The molecule has 18 heavy (non-hydrogen) atoms. The molecule has 0 aromatic heterocycles. The van der Waals surface area contributed by atoms with Crippen molar-refractivity contribution in [3.8, 4) is 0 Å². The summed E-state index contributed by atoms with van der Waals surface area (Å²) >= 11 is 0. The highest BCUT2D eigenvalue weighted by atomic mass is 16.7. The van der Waals surface area contributed by atoms with Gasteiger partial charge < -0.3 is 14.6 Å². The Balaban J connectivity index is 1.89. The van der Waals surface area contributed by atoms with Gasteiger partial charge in [-0.15, -0.1) is 0 Å². The fraction of sp³-hybridized carbons (Fsp3) is 0.929. The monoisotopic (exact) mass is 252 g/mol. The van der Waals surface area contributed by atoms with E-state index in [4.69, 9.17) is 9.47 Å². The van der Waals surface area contributed by atoms with Crippen molar-refractivity contribution in [3.05, 3.63) is 0 Å². The maximum Gasteiger partial charge on any atom is 0.158 e. The number of rotatable bonds is 0. The Morgan fingerprint density at radius 3 is 2.89 bits per heavy atom. The van der Waals surface area contributed by atoms with E-state index in [1.807, 2.05) is 6.92 Å². The fourth-order valence-electron chi connectivity index (χ4n) is 4.88. The summed E-state index contributed by atoms with van der Waals surface area (Å²) in [6.45, 7) is 4.57. The van der Waals surface area contributed by atoms with E-state index in [1.54, 1.807) is 0 Å². The van der Waals surface area contributed by atoms with Crippen LogP contribution in [0.15, 0.2) is 0 Å². The van der Waals surface area contributed by atoms with Crippen molar-refractivity contribution in [1.29, 1.82) is 0 Å². The summed E-state index contributed by atoms with van der Waals surface area (Å²) < 4.78 is 11.7. The fourth-order valence-corrected chi connectivity index (χ4v) is 4.88. The molecule has 4 nitrogen and oxygen atoms in total. The normalized spacial score (nSPS) is 61.9. The molecule has 100 valence electrons. The first-order valence-electron chi connectivity index (χ1n) is 6.92. The molecule has 2 saturated carbocycles. The molecule has 2 aliphatic carbocycles. The van der Waals surface area contributed by atoms with Gasteiger partial charge in [0.2, 0.25) is 0 Å². The van der Waals surface area contributed by atoms with Gasteiger partial charge in [-0.2, -0.15) is 0 Å². The van der Waals surface area contributed by atoms with Crippen molar-refractivity contribution in [3.63, 3.8) is 0 Å². The predicted octanol–water partition coefficient (Wildman–Crippen LogP) is 1.26. The van der Waals surface area contributed by atoms with E-state index >= 15 is 0 Å². The summed E-state index contributed by atoms with van der Waals surface area (Å²) in [6, 6.07) is 0. The Kier molecular flexibility index (Phi) is 1.89. The first-order chi connectivity index (χ1) is 8.39. The number of aliphatic hydroxyl groups is 1. The second-order valence-corrected chi connectivity index (χ2v) is 7.08. The van der Waals surface area contributed by atoms with Gasteiger partial charge in [-0.05, 0) is 19.8 Å². The van der Waals surface area contributed by atoms with Crippen LogP contribution in [0.5, 0.6) is 0 Å². The number of ketones is 1. The second kappa shape index (κ2) is 3.00. The van der Waals surface area contributed by atoms with Crippen molar-refractivity contribution in [2.75, 3.05) is 6.61 Å². The molecule has 0 amide bonds. The molecule has 0 aromatic carbocycles. The van der Waals surface area contributed by atoms with Gasteiger partial charge in [-0.3, -0.25) is 4.79 Å². The van der Waals surface area contributed by atoms with Gasteiger partial charge >= 0.3 is 0 Å². The number of carbonyl (C=O) groups is 1. The van der Waals surface area contributed by atoms with Gasteiger partial charge in [-0.25, -0.2) is 0 Å². The lowest BCUT2D eigenvalue weighted by Crippen LogP contribution is -2.75. The van der Waals surface area contributed by atoms with Crippen LogP contribution in [0.2, 0.25) is 0 Å². The number of hydrogen-bond acceptors (Lipinski definition) is 4. The minimum Gasteiger partial charge on any atom is -0.390 e. The number of carbonyl (C=O) groups excluding carboxylic acids is 1. The van der Waals surface area contributed by atoms with E-state index in [0.717, 1.165) is 12.8 Å². The first kappa shape index (κ1) is 11.4. The molecule has 1 N–H and O–H groups in total. The second-order valence-electron chi connectivity index (χ2n) is 7.08. The minimum absolute atomic E-state index is 0.00329. The van der Waals surface area contributed by atoms with E-state index in [-0.39, 0.29) is 29.1 Å². The van der Waals surface area contributed by atoms with Crippen molar-refractivity contribution in [1.82, 2.24) is 0 Å². The summed E-state index contributed by atoms with van der Waals surface area (Å²) in [5, 5.41) is 10.6. The highest BCUT2D eigenvalue weighted by molar-refractivity contribution is 5.87. The average Bonchev–Trinajstić information content (AvgIpc) is 2.31. The Morgan fingerprint density at radius 2 is 2.11 bits per heavy atom. The third kappa shape index (κ3) is 1.03. The SMILES string of the molecule is C[C@]1(O)CC[C@]23CO[C@@H]4C[C@@]2(C)C(=O)C[C@H]1[C@H]3O4. The molecule has 5 rings (SSSR count).